The molecule has 4 nitrogen and oxygen atoms in total. The Morgan fingerprint density at radius 1 is 1.29 bits per heavy atom. The van der Waals surface area contributed by atoms with Crippen molar-refractivity contribution in [3.63, 3.8) is 0 Å². The van der Waals surface area contributed by atoms with E-state index in [0.29, 0.717) is 19.8 Å². The lowest BCUT2D eigenvalue weighted by Crippen LogP contribution is -2.24. The molecular weight excluding hydrogens is 236 g/mol. The predicted octanol–water partition coefficient (Wildman–Crippen LogP) is 1.44. The summed E-state index contributed by atoms with van der Waals surface area (Å²) in [6, 6.07) is 1.06. The molecule has 17 heavy (non-hydrogen) atoms. The van der Waals surface area contributed by atoms with Gasteiger partial charge >= 0.3 is 5.97 Å². The van der Waals surface area contributed by atoms with E-state index in [1.54, 1.807) is 13.0 Å². The fourth-order valence-electron chi connectivity index (χ4n) is 1.36. The minimum atomic E-state index is -0.407. The predicted molar refractivity (Wildman–Crippen MR) is 70.8 cm³/mol. The monoisotopic (exact) mass is 260 g/mol. The molecule has 0 spiro atoms. The fraction of sp³-hybridized carbons (Fsp3) is 0.750. The first-order chi connectivity index (χ1) is 8.24. The summed E-state index contributed by atoms with van der Waals surface area (Å²) < 4.78 is 15.9. The van der Waals surface area contributed by atoms with Crippen molar-refractivity contribution >= 4 is 15.5 Å². The van der Waals surface area contributed by atoms with E-state index in [0.717, 1.165) is 12.5 Å². The Morgan fingerprint density at radius 2 is 1.94 bits per heavy atom. The zero-order valence-electron chi connectivity index (χ0n) is 11.1. The molecular formula is C12H24O4Si. The molecule has 0 aliphatic carbocycles. The molecule has 0 aromatic carbocycles. The van der Waals surface area contributed by atoms with Crippen LogP contribution in [0.3, 0.4) is 0 Å². The number of hydrogen-bond acceptors (Lipinski definition) is 4. The minimum Gasteiger partial charge on any atom is -0.463 e. The normalized spacial score (nSPS) is 12.0. The fourth-order valence-corrected chi connectivity index (χ4v) is 2.99. The zero-order chi connectivity index (χ0) is 12.9. The maximum atomic E-state index is 11.0. The molecule has 0 N–H and O–H groups in total. The smallest absolute Gasteiger partial charge is 0.330 e. The molecule has 0 saturated heterocycles. The van der Waals surface area contributed by atoms with Gasteiger partial charge in [0.25, 0.3) is 0 Å². The summed E-state index contributed by atoms with van der Waals surface area (Å²) in [5, 5.41) is 0. The summed E-state index contributed by atoms with van der Waals surface area (Å²) in [4.78, 5) is 11.0. The van der Waals surface area contributed by atoms with Crippen LogP contribution in [0.4, 0.5) is 0 Å². The van der Waals surface area contributed by atoms with E-state index < -0.39 is 9.52 Å². The Balaban J connectivity index is 3.50. The average molecular weight is 260 g/mol. The summed E-state index contributed by atoms with van der Waals surface area (Å²) in [6.45, 7) is 7.60. The molecule has 0 unspecified atom stereocenters. The summed E-state index contributed by atoms with van der Waals surface area (Å²) >= 11 is 0. The molecule has 0 atom stereocenters. The molecule has 100 valence electrons. The molecule has 0 bridgehead atoms. The van der Waals surface area contributed by atoms with Gasteiger partial charge in [0.1, 0.15) is 5.91 Å². The Labute approximate surface area is 106 Å². The van der Waals surface area contributed by atoms with Gasteiger partial charge in [-0.3, -0.25) is 0 Å². The topological polar surface area (TPSA) is 44.8 Å². The van der Waals surface area contributed by atoms with Crippen molar-refractivity contribution < 1.29 is 19.0 Å². The van der Waals surface area contributed by atoms with Crippen molar-refractivity contribution in [1.82, 2.24) is 0 Å². The molecule has 0 amide bonds. The van der Waals surface area contributed by atoms with E-state index in [4.69, 9.17) is 14.2 Å². The van der Waals surface area contributed by atoms with Gasteiger partial charge in [-0.1, -0.05) is 12.1 Å². The second-order valence-electron chi connectivity index (χ2n) is 3.50. The number of esters is 1. The van der Waals surface area contributed by atoms with Crippen LogP contribution in [0, 0.1) is 0 Å². The largest absolute Gasteiger partial charge is 0.463 e. The number of ether oxygens (including phenoxy) is 3. The third-order valence-electron chi connectivity index (χ3n) is 2.09. The lowest BCUT2D eigenvalue weighted by Gasteiger charge is -2.16. The first kappa shape index (κ1) is 16.3. The Hall–Kier alpha value is -0.653. The van der Waals surface area contributed by atoms with Gasteiger partial charge in [0, 0.05) is 19.3 Å². The molecule has 0 radical (unpaired) electrons. The second-order valence-corrected chi connectivity index (χ2v) is 5.45. The minimum absolute atomic E-state index is 0.0104. The molecule has 0 heterocycles. The van der Waals surface area contributed by atoms with Crippen molar-refractivity contribution in [2.45, 2.75) is 39.1 Å². The van der Waals surface area contributed by atoms with E-state index >= 15 is 0 Å². The maximum absolute atomic E-state index is 11.0. The first-order valence-corrected chi connectivity index (χ1v) is 8.08. The number of allylic oxidation sites excluding steroid dienone is 1. The standard InChI is InChI=1S/C12H24O4Si/c1-4-8-11(13)16-9-7-10-17-12(14-5-2)15-6-3/h4,8,12H,5-7,9-10,17H2,1-3H3. The van der Waals surface area contributed by atoms with Crippen LogP contribution in [0.25, 0.3) is 0 Å². The summed E-state index contributed by atoms with van der Waals surface area (Å²) in [5.74, 6) is -0.253. The van der Waals surface area contributed by atoms with Crippen molar-refractivity contribution in [3.05, 3.63) is 12.2 Å². The summed E-state index contributed by atoms with van der Waals surface area (Å²) in [5.41, 5.74) is 0. The number of rotatable bonds is 10. The van der Waals surface area contributed by atoms with Gasteiger partial charge < -0.3 is 14.2 Å². The lowest BCUT2D eigenvalue weighted by atomic mass is 10.5. The van der Waals surface area contributed by atoms with Gasteiger partial charge in [-0.15, -0.1) is 0 Å². The van der Waals surface area contributed by atoms with Gasteiger partial charge in [-0.2, -0.15) is 0 Å². The van der Waals surface area contributed by atoms with Crippen LogP contribution in [-0.2, 0) is 19.0 Å². The highest BCUT2D eigenvalue weighted by Crippen LogP contribution is 1.99. The highest BCUT2D eigenvalue weighted by molar-refractivity contribution is 6.36. The van der Waals surface area contributed by atoms with Gasteiger partial charge in [-0.05, 0) is 27.2 Å². The Kier molecular flexibility index (Phi) is 11.4. The van der Waals surface area contributed by atoms with Gasteiger partial charge in [0.2, 0.25) is 0 Å². The van der Waals surface area contributed by atoms with Gasteiger partial charge in [0.05, 0.1) is 16.1 Å². The molecule has 0 aliphatic rings. The van der Waals surface area contributed by atoms with Crippen LogP contribution < -0.4 is 0 Å². The molecule has 0 saturated carbocycles. The van der Waals surface area contributed by atoms with Gasteiger partial charge in [-0.25, -0.2) is 4.79 Å². The van der Waals surface area contributed by atoms with Crippen LogP contribution in [0.15, 0.2) is 12.2 Å². The van der Waals surface area contributed by atoms with Crippen molar-refractivity contribution in [2.75, 3.05) is 19.8 Å². The highest BCUT2D eigenvalue weighted by Gasteiger charge is 2.07. The zero-order valence-corrected chi connectivity index (χ0v) is 12.5. The molecule has 5 heteroatoms. The number of carbonyl (C=O) groups excluding carboxylic acids is 1. The van der Waals surface area contributed by atoms with Crippen molar-refractivity contribution in [2.24, 2.45) is 0 Å². The third kappa shape index (κ3) is 10.2. The molecule has 0 aromatic rings. The molecule has 0 aliphatic heterocycles. The van der Waals surface area contributed by atoms with Crippen LogP contribution in [0.2, 0.25) is 6.04 Å². The SMILES string of the molecule is CC=CC(=O)OCCC[SiH2]C(OCC)OCC. The average Bonchev–Trinajstić information content (AvgIpc) is 2.29. The quantitative estimate of drug-likeness (QED) is 0.196. The molecule has 0 rings (SSSR count). The summed E-state index contributed by atoms with van der Waals surface area (Å²) in [7, 11) is -0.407. The van der Waals surface area contributed by atoms with E-state index in [9.17, 15) is 4.79 Å². The van der Waals surface area contributed by atoms with Crippen LogP contribution >= 0.6 is 0 Å². The second kappa shape index (κ2) is 11.8. The number of carbonyl (C=O) groups is 1. The number of hydrogen-bond donors (Lipinski definition) is 0. The van der Waals surface area contributed by atoms with E-state index in [1.807, 2.05) is 13.8 Å². The Bertz CT molecular complexity index is 213. The van der Waals surface area contributed by atoms with E-state index in [-0.39, 0.29) is 11.9 Å². The Morgan fingerprint density at radius 3 is 2.47 bits per heavy atom. The van der Waals surface area contributed by atoms with Crippen LogP contribution in [0.5, 0.6) is 0 Å². The van der Waals surface area contributed by atoms with Gasteiger partial charge in [0.15, 0.2) is 0 Å². The highest BCUT2D eigenvalue weighted by atomic mass is 28.2. The molecule has 0 fully saturated rings. The van der Waals surface area contributed by atoms with E-state index in [1.165, 1.54) is 6.08 Å². The van der Waals surface area contributed by atoms with Crippen LogP contribution in [0.1, 0.15) is 27.2 Å². The third-order valence-corrected chi connectivity index (χ3v) is 3.94. The van der Waals surface area contributed by atoms with Crippen molar-refractivity contribution in [3.8, 4) is 0 Å². The molecule has 0 aromatic heterocycles. The van der Waals surface area contributed by atoms with E-state index in [2.05, 4.69) is 0 Å². The lowest BCUT2D eigenvalue weighted by molar-refractivity contribution is -0.137. The van der Waals surface area contributed by atoms with Crippen LogP contribution in [-0.4, -0.2) is 41.2 Å². The first-order valence-electron chi connectivity index (χ1n) is 6.27. The van der Waals surface area contributed by atoms with Crippen molar-refractivity contribution in [1.29, 1.82) is 0 Å². The maximum Gasteiger partial charge on any atom is 0.330 e. The summed E-state index contributed by atoms with van der Waals surface area (Å²) in [6.07, 6.45) is 4.00.